The number of hydrogen-bond donors (Lipinski definition) is 0. The molecule has 5 heteroatoms. The fraction of sp³-hybridized carbons (Fsp3) is 0.0833. The van der Waals surface area contributed by atoms with Crippen LogP contribution < -0.4 is 9.47 Å². The van der Waals surface area contributed by atoms with Crippen LogP contribution in [0.1, 0.15) is 27.0 Å². The van der Waals surface area contributed by atoms with Crippen LogP contribution in [0.15, 0.2) is 72.5 Å². The number of ether oxygens (including phenoxy) is 2. The Morgan fingerprint density at radius 3 is 2.48 bits per heavy atom. The minimum atomic E-state index is -0.398. The van der Waals surface area contributed by atoms with Gasteiger partial charge in [-0.25, -0.2) is 4.39 Å². The third-order valence-corrected chi connectivity index (χ3v) is 4.62. The maximum Gasteiger partial charge on any atom is 0.315 e. The number of allylic oxidation sites excluding steroid dienone is 1. The van der Waals surface area contributed by atoms with Crippen LogP contribution >= 0.6 is 0 Å². The van der Waals surface area contributed by atoms with Gasteiger partial charge in [0.05, 0.1) is 12.0 Å². The quantitative estimate of drug-likeness (QED) is 0.362. The summed E-state index contributed by atoms with van der Waals surface area (Å²) < 4.78 is 24.3. The van der Waals surface area contributed by atoms with Crippen molar-refractivity contribution in [3.05, 3.63) is 101 Å². The molecule has 4 nitrogen and oxygen atoms in total. The predicted octanol–water partition coefficient (Wildman–Crippen LogP) is 4.90. The van der Waals surface area contributed by atoms with Crippen LogP contribution in [0, 0.1) is 12.7 Å². The highest BCUT2D eigenvalue weighted by atomic mass is 19.1. The molecular weight excluding hydrogens is 371 g/mol. The molecule has 0 unspecified atom stereocenters. The number of esters is 1. The van der Waals surface area contributed by atoms with E-state index in [1.165, 1.54) is 12.1 Å². The topological polar surface area (TPSA) is 52.6 Å². The normalized spacial score (nSPS) is 13.9. The summed E-state index contributed by atoms with van der Waals surface area (Å²) in [4.78, 5) is 24.9. The van der Waals surface area contributed by atoms with Crippen molar-refractivity contribution < 1.29 is 23.5 Å². The van der Waals surface area contributed by atoms with Crippen molar-refractivity contribution in [3.63, 3.8) is 0 Å². The lowest BCUT2D eigenvalue weighted by atomic mass is 10.1. The van der Waals surface area contributed by atoms with Crippen molar-refractivity contribution in [1.82, 2.24) is 0 Å². The van der Waals surface area contributed by atoms with Gasteiger partial charge in [0.2, 0.25) is 5.78 Å². The summed E-state index contributed by atoms with van der Waals surface area (Å²) in [6, 6.07) is 18.2. The van der Waals surface area contributed by atoms with Gasteiger partial charge in [-0.2, -0.15) is 0 Å². The van der Waals surface area contributed by atoms with E-state index in [4.69, 9.17) is 9.47 Å². The summed E-state index contributed by atoms with van der Waals surface area (Å²) in [6.07, 6.45) is 1.70. The van der Waals surface area contributed by atoms with E-state index in [1.54, 1.807) is 37.3 Å². The number of benzene rings is 3. The van der Waals surface area contributed by atoms with Gasteiger partial charge in [0, 0.05) is 5.56 Å². The number of ketones is 1. The second-order valence-electron chi connectivity index (χ2n) is 6.69. The third-order valence-electron chi connectivity index (χ3n) is 4.62. The summed E-state index contributed by atoms with van der Waals surface area (Å²) in [5, 5.41) is 0. The lowest BCUT2D eigenvalue weighted by Crippen LogP contribution is -2.12. The molecule has 0 spiro atoms. The highest BCUT2D eigenvalue weighted by Gasteiger charge is 2.30. The largest absolute Gasteiger partial charge is 0.452 e. The van der Waals surface area contributed by atoms with E-state index in [0.29, 0.717) is 28.2 Å². The molecule has 0 aromatic heterocycles. The molecule has 0 radical (unpaired) electrons. The Morgan fingerprint density at radius 1 is 1.03 bits per heavy atom. The molecule has 3 aromatic carbocycles. The first-order valence-electron chi connectivity index (χ1n) is 9.09. The van der Waals surface area contributed by atoms with Crippen molar-refractivity contribution in [1.29, 1.82) is 0 Å². The lowest BCUT2D eigenvalue weighted by Gasteiger charge is -2.10. The molecule has 0 fully saturated rings. The third kappa shape index (κ3) is 3.94. The molecule has 4 rings (SSSR count). The first kappa shape index (κ1) is 18.6. The molecule has 0 saturated heterocycles. The average Bonchev–Trinajstić information content (AvgIpc) is 3.03. The molecule has 0 amide bonds. The van der Waals surface area contributed by atoms with E-state index in [2.05, 4.69) is 0 Å². The summed E-state index contributed by atoms with van der Waals surface area (Å²) in [7, 11) is 0. The summed E-state index contributed by atoms with van der Waals surface area (Å²) in [5.41, 5.74) is 2.47. The smallest absolute Gasteiger partial charge is 0.315 e. The van der Waals surface area contributed by atoms with Crippen molar-refractivity contribution in [2.24, 2.45) is 0 Å². The number of fused-ring (bicyclic) bond motifs is 1. The highest BCUT2D eigenvalue weighted by molar-refractivity contribution is 6.15. The second kappa shape index (κ2) is 7.72. The van der Waals surface area contributed by atoms with Gasteiger partial charge in [0.1, 0.15) is 17.3 Å². The van der Waals surface area contributed by atoms with Gasteiger partial charge in [-0.1, -0.05) is 42.5 Å². The lowest BCUT2D eigenvalue weighted by molar-refractivity contribution is -0.133. The van der Waals surface area contributed by atoms with Gasteiger partial charge in [-0.15, -0.1) is 0 Å². The van der Waals surface area contributed by atoms with E-state index < -0.39 is 5.97 Å². The van der Waals surface area contributed by atoms with E-state index in [0.717, 1.165) is 5.56 Å². The van der Waals surface area contributed by atoms with Crippen molar-refractivity contribution >= 4 is 17.8 Å². The molecule has 144 valence electrons. The van der Waals surface area contributed by atoms with Crippen LogP contribution in [0.2, 0.25) is 0 Å². The van der Waals surface area contributed by atoms with Crippen LogP contribution in [-0.4, -0.2) is 11.8 Å². The molecule has 0 aliphatic carbocycles. The van der Waals surface area contributed by atoms with E-state index in [-0.39, 0.29) is 23.8 Å². The Hall–Kier alpha value is -3.73. The van der Waals surface area contributed by atoms with E-state index >= 15 is 0 Å². The van der Waals surface area contributed by atoms with Crippen LogP contribution in [0.5, 0.6) is 11.5 Å². The molecule has 1 aliphatic heterocycles. The van der Waals surface area contributed by atoms with Crippen LogP contribution in [-0.2, 0) is 11.2 Å². The minimum Gasteiger partial charge on any atom is -0.452 e. The Kier molecular flexibility index (Phi) is 4.96. The first-order valence-corrected chi connectivity index (χ1v) is 9.09. The molecule has 1 aliphatic rings. The summed E-state index contributed by atoms with van der Waals surface area (Å²) >= 11 is 0. The molecule has 0 atom stereocenters. The Bertz CT molecular complexity index is 1120. The molecule has 0 N–H and O–H groups in total. The zero-order chi connectivity index (χ0) is 20.4. The highest BCUT2D eigenvalue weighted by Crippen LogP contribution is 2.39. The SMILES string of the molecule is Cc1c(OC(=O)Cc2ccccc2)ccc2c1O/C(=C\c1ccc(F)cc1)C2=O. The van der Waals surface area contributed by atoms with Crippen molar-refractivity contribution in [2.45, 2.75) is 13.3 Å². The maximum atomic E-state index is 13.1. The maximum absolute atomic E-state index is 13.1. The molecule has 3 aromatic rings. The summed E-state index contributed by atoms with van der Waals surface area (Å²) in [6.45, 7) is 1.73. The molecule has 29 heavy (non-hydrogen) atoms. The fourth-order valence-corrected chi connectivity index (χ4v) is 3.11. The molecule has 0 saturated carbocycles. The van der Waals surface area contributed by atoms with Gasteiger partial charge in [0.25, 0.3) is 0 Å². The van der Waals surface area contributed by atoms with Crippen LogP contribution in [0.4, 0.5) is 4.39 Å². The zero-order valence-electron chi connectivity index (χ0n) is 15.6. The number of rotatable bonds is 4. The number of hydrogen-bond acceptors (Lipinski definition) is 4. The minimum absolute atomic E-state index is 0.141. The average molecular weight is 388 g/mol. The van der Waals surface area contributed by atoms with Crippen LogP contribution in [0.25, 0.3) is 6.08 Å². The van der Waals surface area contributed by atoms with Gasteiger partial charge >= 0.3 is 5.97 Å². The standard InChI is InChI=1S/C24H17FO4/c1-15-20(28-22(26)14-16-5-3-2-4-6-16)12-11-19-23(27)21(29-24(15)19)13-17-7-9-18(25)10-8-17/h2-13H,14H2,1H3/b21-13-. The molecule has 0 bridgehead atoms. The first-order chi connectivity index (χ1) is 14.0. The van der Waals surface area contributed by atoms with Gasteiger partial charge < -0.3 is 9.47 Å². The van der Waals surface area contributed by atoms with E-state index in [1.807, 2.05) is 30.3 Å². The van der Waals surface area contributed by atoms with Crippen molar-refractivity contribution in [3.8, 4) is 11.5 Å². The Morgan fingerprint density at radius 2 is 1.76 bits per heavy atom. The number of Topliss-reactive ketones (excluding diaryl/α,β-unsaturated/α-hetero) is 1. The Labute approximate surface area is 167 Å². The van der Waals surface area contributed by atoms with Gasteiger partial charge in [0.15, 0.2) is 5.76 Å². The Balaban J connectivity index is 1.55. The summed E-state index contributed by atoms with van der Waals surface area (Å²) in [5.74, 6) is -0.163. The number of carbonyl (C=O) groups is 2. The monoisotopic (exact) mass is 388 g/mol. The number of carbonyl (C=O) groups excluding carboxylic acids is 2. The second-order valence-corrected chi connectivity index (χ2v) is 6.69. The number of halogens is 1. The van der Waals surface area contributed by atoms with Gasteiger partial charge in [-0.3, -0.25) is 9.59 Å². The molecule has 1 heterocycles. The van der Waals surface area contributed by atoms with Gasteiger partial charge in [-0.05, 0) is 48.4 Å². The fourth-order valence-electron chi connectivity index (χ4n) is 3.11. The zero-order valence-corrected chi connectivity index (χ0v) is 15.6. The van der Waals surface area contributed by atoms with Crippen molar-refractivity contribution in [2.75, 3.05) is 0 Å². The van der Waals surface area contributed by atoms with Crippen LogP contribution in [0.3, 0.4) is 0 Å². The predicted molar refractivity (Wildman–Crippen MR) is 106 cm³/mol. The molecular formula is C24H17FO4. The van der Waals surface area contributed by atoms with E-state index in [9.17, 15) is 14.0 Å².